The molecular weight excluding hydrogens is 260 g/mol. The van der Waals surface area contributed by atoms with Crippen LogP contribution >= 0.6 is 0 Å². The Balaban J connectivity index is 1.47. The monoisotopic (exact) mass is 288 g/mol. The van der Waals surface area contributed by atoms with Crippen molar-refractivity contribution in [1.29, 1.82) is 0 Å². The van der Waals surface area contributed by atoms with Crippen molar-refractivity contribution in [1.82, 2.24) is 9.80 Å². The van der Waals surface area contributed by atoms with Gasteiger partial charge in [0.2, 0.25) is 0 Å². The molecule has 0 bridgehead atoms. The molecule has 1 aromatic rings. The molecule has 2 saturated heterocycles. The number of hydrogen-bond donors (Lipinski definition) is 0. The van der Waals surface area contributed by atoms with Crippen molar-refractivity contribution in [2.45, 2.75) is 44.8 Å². The highest BCUT2D eigenvalue weighted by Gasteiger charge is 2.34. The van der Waals surface area contributed by atoms with Crippen molar-refractivity contribution in [2.75, 3.05) is 33.2 Å². The fourth-order valence-electron chi connectivity index (χ4n) is 3.34. The maximum atomic E-state index is 6.13. The third-order valence-electron chi connectivity index (χ3n) is 4.91. The summed E-state index contributed by atoms with van der Waals surface area (Å²) in [6, 6.07) is 9.36. The summed E-state index contributed by atoms with van der Waals surface area (Å²) in [7, 11) is 2.22. The van der Waals surface area contributed by atoms with E-state index >= 15 is 0 Å². The second-order valence-corrected chi connectivity index (χ2v) is 6.96. The van der Waals surface area contributed by atoms with E-state index in [0.29, 0.717) is 12.0 Å². The number of likely N-dealkylation sites (tertiary alicyclic amines) is 2. The van der Waals surface area contributed by atoms with Crippen LogP contribution in [0.5, 0.6) is 5.75 Å². The minimum atomic E-state index is 0.382. The van der Waals surface area contributed by atoms with Crippen molar-refractivity contribution in [2.24, 2.45) is 0 Å². The molecule has 3 nitrogen and oxygen atoms in total. The van der Waals surface area contributed by atoms with Gasteiger partial charge in [-0.2, -0.15) is 0 Å². The van der Waals surface area contributed by atoms with E-state index in [0.717, 1.165) is 24.9 Å². The van der Waals surface area contributed by atoms with E-state index in [1.807, 2.05) is 0 Å². The summed E-state index contributed by atoms with van der Waals surface area (Å²) in [5, 5.41) is 0. The lowest BCUT2D eigenvalue weighted by Gasteiger charge is -2.46. The van der Waals surface area contributed by atoms with Gasteiger partial charge in [-0.3, -0.25) is 4.90 Å². The van der Waals surface area contributed by atoms with E-state index in [2.05, 4.69) is 55.0 Å². The first-order chi connectivity index (χ1) is 10.1. The van der Waals surface area contributed by atoms with Crippen LogP contribution in [0, 0.1) is 0 Å². The van der Waals surface area contributed by atoms with Gasteiger partial charge in [-0.05, 0) is 56.6 Å². The molecule has 3 rings (SSSR count). The van der Waals surface area contributed by atoms with Crippen LogP contribution in [0.3, 0.4) is 0 Å². The first kappa shape index (κ1) is 14.9. The van der Waals surface area contributed by atoms with Crippen molar-refractivity contribution in [3.8, 4) is 5.75 Å². The summed E-state index contributed by atoms with van der Waals surface area (Å²) >= 11 is 0. The van der Waals surface area contributed by atoms with Crippen LogP contribution in [0.15, 0.2) is 24.3 Å². The van der Waals surface area contributed by atoms with E-state index in [1.54, 1.807) is 0 Å². The van der Waals surface area contributed by atoms with Crippen LogP contribution in [0.4, 0.5) is 0 Å². The van der Waals surface area contributed by atoms with Crippen LogP contribution in [-0.2, 0) is 0 Å². The molecule has 0 spiro atoms. The quantitative estimate of drug-likeness (QED) is 0.847. The fraction of sp³-hybridized carbons (Fsp3) is 0.667. The molecular formula is C18H28N2O. The van der Waals surface area contributed by atoms with Gasteiger partial charge < -0.3 is 9.64 Å². The van der Waals surface area contributed by atoms with Gasteiger partial charge in [0.25, 0.3) is 0 Å². The molecule has 21 heavy (non-hydrogen) atoms. The third-order valence-corrected chi connectivity index (χ3v) is 4.91. The van der Waals surface area contributed by atoms with Gasteiger partial charge in [0, 0.05) is 19.1 Å². The normalized spacial score (nSPS) is 22.5. The molecule has 2 aliphatic heterocycles. The average molecular weight is 288 g/mol. The average Bonchev–Trinajstić information content (AvgIpc) is 2.44. The first-order valence-corrected chi connectivity index (χ1v) is 8.31. The predicted octanol–water partition coefficient (Wildman–Crippen LogP) is 2.97. The van der Waals surface area contributed by atoms with Crippen LogP contribution in [0.1, 0.15) is 38.2 Å². The highest BCUT2D eigenvalue weighted by Crippen LogP contribution is 2.26. The summed E-state index contributed by atoms with van der Waals surface area (Å²) in [6.45, 7) is 9.13. The molecule has 2 fully saturated rings. The molecule has 2 heterocycles. The maximum Gasteiger partial charge on any atom is 0.124 e. The first-order valence-electron chi connectivity index (χ1n) is 8.31. The largest absolute Gasteiger partial charge is 0.488 e. The number of nitrogens with zero attached hydrogens (tertiary/aromatic N) is 2. The number of hydrogen-bond acceptors (Lipinski definition) is 3. The van der Waals surface area contributed by atoms with Crippen LogP contribution in [-0.4, -0.2) is 55.2 Å². The third kappa shape index (κ3) is 3.58. The standard InChI is InChI=1S/C18H28N2O/c1-14(2)15-5-4-6-17(11-15)21-18-12-20(13-18)16-7-9-19(3)10-8-16/h4-6,11,14,16,18H,7-10,12-13H2,1-3H3. The lowest BCUT2D eigenvalue weighted by atomic mass is 9.99. The van der Waals surface area contributed by atoms with Crippen LogP contribution in [0.25, 0.3) is 0 Å². The van der Waals surface area contributed by atoms with Gasteiger partial charge in [-0.1, -0.05) is 26.0 Å². The van der Waals surface area contributed by atoms with Gasteiger partial charge in [0.05, 0.1) is 0 Å². The summed E-state index contributed by atoms with van der Waals surface area (Å²) < 4.78 is 6.13. The maximum absolute atomic E-state index is 6.13. The molecule has 0 aliphatic carbocycles. The Morgan fingerprint density at radius 3 is 2.52 bits per heavy atom. The van der Waals surface area contributed by atoms with Gasteiger partial charge in [0.15, 0.2) is 0 Å². The zero-order valence-corrected chi connectivity index (χ0v) is 13.6. The molecule has 0 saturated carbocycles. The fourth-order valence-corrected chi connectivity index (χ4v) is 3.34. The van der Waals surface area contributed by atoms with Crippen molar-refractivity contribution in [3.63, 3.8) is 0 Å². The zero-order valence-electron chi connectivity index (χ0n) is 13.6. The lowest BCUT2D eigenvalue weighted by Crippen LogP contribution is -2.59. The van der Waals surface area contributed by atoms with Gasteiger partial charge >= 0.3 is 0 Å². The Labute approximate surface area is 128 Å². The molecule has 0 atom stereocenters. The number of piperidine rings is 1. The van der Waals surface area contributed by atoms with E-state index in [4.69, 9.17) is 4.74 Å². The Morgan fingerprint density at radius 1 is 1.14 bits per heavy atom. The molecule has 3 heteroatoms. The molecule has 0 radical (unpaired) electrons. The Kier molecular flexibility index (Phi) is 4.51. The minimum absolute atomic E-state index is 0.382. The Hall–Kier alpha value is -1.06. The van der Waals surface area contributed by atoms with Crippen LogP contribution < -0.4 is 4.74 Å². The van der Waals surface area contributed by atoms with Gasteiger partial charge in [-0.15, -0.1) is 0 Å². The predicted molar refractivity (Wildman–Crippen MR) is 87.0 cm³/mol. The second-order valence-electron chi connectivity index (χ2n) is 6.96. The zero-order chi connectivity index (χ0) is 14.8. The molecule has 1 aromatic carbocycles. The topological polar surface area (TPSA) is 15.7 Å². The minimum Gasteiger partial charge on any atom is -0.488 e. The van der Waals surface area contributed by atoms with Crippen molar-refractivity contribution >= 4 is 0 Å². The highest BCUT2D eigenvalue weighted by molar-refractivity contribution is 5.30. The van der Waals surface area contributed by atoms with Crippen molar-refractivity contribution < 1.29 is 4.74 Å². The summed E-state index contributed by atoms with van der Waals surface area (Å²) in [5.74, 6) is 1.60. The highest BCUT2D eigenvalue weighted by atomic mass is 16.5. The van der Waals surface area contributed by atoms with E-state index in [-0.39, 0.29) is 0 Å². The van der Waals surface area contributed by atoms with Gasteiger partial charge in [0.1, 0.15) is 11.9 Å². The van der Waals surface area contributed by atoms with E-state index < -0.39 is 0 Å². The molecule has 116 valence electrons. The number of rotatable bonds is 4. The lowest BCUT2D eigenvalue weighted by molar-refractivity contribution is -0.0246. The molecule has 2 aliphatic rings. The summed E-state index contributed by atoms with van der Waals surface area (Å²) in [6.07, 6.45) is 3.00. The second kappa shape index (κ2) is 6.37. The summed E-state index contributed by atoms with van der Waals surface area (Å²) in [4.78, 5) is 5.03. The number of ether oxygens (including phenoxy) is 1. The SMILES string of the molecule is CC(C)c1cccc(OC2CN(C3CCN(C)CC3)C2)c1. The molecule has 0 aromatic heterocycles. The van der Waals surface area contributed by atoms with E-state index in [9.17, 15) is 0 Å². The van der Waals surface area contributed by atoms with Crippen molar-refractivity contribution in [3.05, 3.63) is 29.8 Å². The van der Waals surface area contributed by atoms with Gasteiger partial charge in [-0.25, -0.2) is 0 Å². The van der Waals surface area contributed by atoms with Crippen LogP contribution in [0.2, 0.25) is 0 Å². The number of benzene rings is 1. The molecule has 0 amide bonds. The smallest absolute Gasteiger partial charge is 0.124 e. The van der Waals surface area contributed by atoms with E-state index in [1.165, 1.54) is 31.5 Å². The molecule has 0 unspecified atom stereocenters. The Bertz CT molecular complexity index is 460. The summed E-state index contributed by atoms with van der Waals surface area (Å²) in [5.41, 5.74) is 1.36. The molecule has 0 N–H and O–H groups in total. The Morgan fingerprint density at radius 2 is 1.86 bits per heavy atom.